The van der Waals surface area contributed by atoms with Gasteiger partial charge in [0.25, 0.3) is 5.69 Å². The zero-order chi connectivity index (χ0) is 14.7. The van der Waals surface area contributed by atoms with E-state index in [1.54, 1.807) is 0 Å². The number of nitro benzene ring substituents is 1. The molecule has 1 N–H and O–H groups in total. The second-order valence-electron chi connectivity index (χ2n) is 4.92. The van der Waals surface area contributed by atoms with Gasteiger partial charge in [-0.15, -0.1) is 0 Å². The van der Waals surface area contributed by atoms with Crippen LogP contribution < -0.4 is 5.32 Å². The minimum absolute atomic E-state index is 0.0471. The van der Waals surface area contributed by atoms with Gasteiger partial charge in [0.2, 0.25) is 0 Å². The Balaban J connectivity index is 2.15. The van der Waals surface area contributed by atoms with Crippen LogP contribution in [-0.4, -0.2) is 35.5 Å². The molecule has 20 heavy (non-hydrogen) atoms. The van der Waals surface area contributed by atoms with Crippen molar-refractivity contribution < 1.29 is 13.7 Å². The van der Waals surface area contributed by atoms with E-state index < -0.39 is 22.2 Å². The first-order valence-corrected chi connectivity index (χ1v) is 6.63. The van der Waals surface area contributed by atoms with Crippen LogP contribution in [0.4, 0.5) is 20.2 Å². The molecule has 1 aliphatic heterocycles. The van der Waals surface area contributed by atoms with E-state index in [1.807, 2.05) is 6.92 Å². The predicted octanol–water partition coefficient (Wildman–Crippen LogP) is 2.77. The molecule has 0 amide bonds. The summed E-state index contributed by atoms with van der Waals surface area (Å²) in [5.41, 5.74) is -0.858. The van der Waals surface area contributed by atoms with Crippen LogP contribution in [0.1, 0.15) is 19.8 Å². The smallest absolute Gasteiger partial charge is 0.275 e. The maximum absolute atomic E-state index is 13.8. The van der Waals surface area contributed by atoms with E-state index in [0.29, 0.717) is 6.54 Å². The fraction of sp³-hybridized carbons (Fsp3) is 0.538. The third kappa shape index (κ3) is 3.22. The van der Waals surface area contributed by atoms with Gasteiger partial charge in [-0.1, -0.05) is 6.92 Å². The molecule has 1 saturated heterocycles. The highest BCUT2D eigenvalue weighted by Crippen LogP contribution is 2.26. The zero-order valence-corrected chi connectivity index (χ0v) is 11.2. The Morgan fingerprint density at radius 3 is 2.65 bits per heavy atom. The number of hydrogen-bond acceptors (Lipinski definition) is 4. The van der Waals surface area contributed by atoms with Gasteiger partial charge >= 0.3 is 0 Å². The number of benzene rings is 1. The quantitative estimate of drug-likeness (QED) is 0.682. The van der Waals surface area contributed by atoms with Gasteiger partial charge in [-0.25, -0.2) is 8.78 Å². The number of piperidine rings is 1. The van der Waals surface area contributed by atoms with Crippen molar-refractivity contribution in [3.05, 3.63) is 33.9 Å². The Hall–Kier alpha value is -1.76. The second-order valence-corrected chi connectivity index (χ2v) is 4.92. The predicted molar refractivity (Wildman–Crippen MR) is 71.8 cm³/mol. The van der Waals surface area contributed by atoms with Crippen LogP contribution >= 0.6 is 0 Å². The summed E-state index contributed by atoms with van der Waals surface area (Å²) in [7, 11) is 0. The van der Waals surface area contributed by atoms with Crippen LogP contribution in [0.3, 0.4) is 0 Å². The molecule has 110 valence electrons. The molecular weight excluding hydrogens is 268 g/mol. The van der Waals surface area contributed by atoms with Gasteiger partial charge in [-0.2, -0.15) is 0 Å². The molecule has 1 unspecified atom stereocenters. The molecule has 0 bridgehead atoms. The normalized spacial score (nSPS) is 19.9. The van der Waals surface area contributed by atoms with Crippen molar-refractivity contribution >= 4 is 11.4 Å². The van der Waals surface area contributed by atoms with Crippen LogP contribution in [0.15, 0.2) is 12.1 Å². The van der Waals surface area contributed by atoms with Gasteiger partial charge in [0, 0.05) is 12.6 Å². The number of likely N-dealkylation sites (tertiary alicyclic amines) is 1. The number of non-ortho nitro benzene ring substituents is 1. The first-order chi connectivity index (χ1) is 9.51. The second kappa shape index (κ2) is 6.13. The highest BCUT2D eigenvalue weighted by Gasteiger charge is 2.23. The van der Waals surface area contributed by atoms with Crippen molar-refractivity contribution in [3.63, 3.8) is 0 Å². The molecule has 1 atom stereocenters. The largest absolute Gasteiger partial charge is 0.376 e. The van der Waals surface area contributed by atoms with E-state index in [2.05, 4.69) is 10.2 Å². The highest BCUT2D eigenvalue weighted by molar-refractivity contribution is 5.52. The molecule has 7 heteroatoms. The summed E-state index contributed by atoms with van der Waals surface area (Å²) < 4.78 is 27.6. The van der Waals surface area contributed by atoms with Gasteiger partial charge < -0.3 is 10.2 Å². The third-order valence-corrected chi connectivity index (χ3v) is 3.54. The molecule has 0 aliphatic carbocycles. The maximum atomic E-state index is 13.8. The van der Waals surface area contributed by atoms with Crippen molar-refractivity contribution in [2.45, 2.75) is 25.8 Å². The van der Waals surface area contributed by atoms with Crippen molar-refractivity contribution in [2.24, 2.45) is 0 Å². The van der Waals surface area contributed by atoms with Gasteiger partial charge in [0.05, 0.1) is 17.1 Å². The minimum atomic E-state index is -0.926. The van der Waals surface area contributed by atoms with Crippen molar-refractivity contribution in [1.29, 1.82) is 0 Å². The lowest BCUT2D eigenvalue weighted by Gasteiger charge is -2.32. The van der Waals surface area contributed by atoms with E-state index in [1.165, 1.54) is 0 Å². The van der Waals surface area contributed by atoms with Crippen molar-refractivity contribution in [3.8, 4) is 0 Å². The van der Waals surface area contributed by atoms with E-state index in [0.717, 1.165) is 38.1 Å². The zero-order valence-electron chi connectivity index (χ0n) is 11.2. The lowest BCUT2D eigenvalue weighted by molar-refractivity contribution is -0.385. The molecule has 1 fully saturated rings. The monoisotopic (exact) mass is 285 g/mol. The standard InChI is InChI=1S/C13H17F2N3O2/c1-2-17-5-3-4-9(8-17)16-13-11(14)6-10(18(19)20)7-12(13)15/h6-7,9,16H,2-5,8H2,1H3. The van der Waals surface area contributed by atoms with Crippen LogP contribution in [-0.2, 0) is 0 Å². The summed E-state index contributed by atoms with van der Waals surface area (Å²) >= 11 is 0. The maximum Gasteiger partial charge on any atom is 0.275 e. The lowest BCUT2D eigenvalue weighted by atomic mass is 10.1. The van der Waals surface area contributed by atoms with Crippen LogP contribution in [0, 0.1) is 21.7 Å². The Bertz CT molecular complexity index is 487. The van der Waals surface area contributed by atoms with Gasteiger partial charge in [-0.3, -0.25) is 10.1 Å². The molecule has 2 rings (SSSR count). The number of nitrogens with one attached hydrogen (secondary N) is 1. The summed E-state index contributed by atoms with van der Waals surface area (Å²) in [6, 6.07) is 1.44. The van der Waals surface area contributed by atoms with Crippen LogP contribution in [0.25, 0.3) is 0 Å². The molecule has 1 aliphatic rings. The van der Waals surface area contributed by atoms with Gasteiger partial charge in [-0.05, 0) is 25.9 Å². The number of halogens is 2. The fourth-order valence-corrected chi connectivity index (χ4v) is 2.47. The summed E-state index contributed by atoms with van der Waals surface area (Å²) in [6.45, 7) is 4.63. The van der Waals surface area contributed by atoms with Crippen LogP contribution in [0.2, 0.25) is 0 Å². The number of nitro groups is 1. The minimum Gasteiger partial charge on any atom is -0.376 e. The van der Waals surface area contributed by atoms with E-state index in [-0.39, 0.29) is 11.7 Å². The molecule has 0 aromatic heterocycles. The number of anilines is 1. The molecular formula is C13H17F2N3O2. The Kier molecular flexibility index (Phi) is 4.49. The van der Waals surface area contributed by atoms with Crippen molar-refractivity contribution in [2.75, 3.05) is 25.0 Å². The molecule has 1 aromatic carbocycles. The SMILES string of the molecule is CCN1CCCC(Nc2c(F)cc([N+](=O)[O-])cc2F)C1. The Labute approximate surface area is 115 Å². The number of nitrogens with zero attached hydrogens (tertiary/aromatic N) is 2. The lowest BCUT2D eigenvalue weighted by Crippen LogP contribution is -2.42. The number of likely N-dealkylation sites (N-methyl/N-ethyl adjacent to an activating group) is 1. The molecule has 1 aromatic rings. The van der Waals surface area contributed by atoms with E-state index in [4.69, 9.17) is 0 Å². The average molecular weight is 285 g/mol. The number of hydrogen-bond donors (Lipinski definition) is 1. The molecule has 5 nitrogen and oxygen atoms in total. The molecule has 0 saturated carbocycles. The Morgan fingerprint density at radius 2 is 2.10 bits per heavy atom. The summed E-state index contributed by atoms with van der Waals surface area (Å²) in [4.78, 5) is 11.9. The van der Waals surface area contributed by atoms with Gasteiger partial charge in [0.15, 0.2) is 11.6 Å². The Morgan fingerprint density at radius 1 is 1.45 bits per heavy atom. The summed E-state index contributed by atoms with van der Waals surface area (Å²) in [6.07, 6.45) is 1.79. The first-order valence-electron chi connectivity index (χ1n) is 6.63. The van der Waals surface area contributed by atoms with E-state index >= 15 is 0 Å². The highest BCUT2D eigenvalue weighted by atomic mass is 19.1. The molecule has 0 spiro atoms. The molecule has 1 heterocycles. The summed E-state index contributed by atoms with van der Waals surface area (Å²) in [5, 5.41) is 13.4. The van der Waals surface area contributed by atoms with E-state index in [9.17, 15) is 18.9 Å². The summed E-state index contributed by atoms with van der Waals surface area (Å²) in [5.74, 6) is -1.85. The third-order valence-electron chi connectivity index (χ3n) is 3.54. The molecule has 0 radical (unpaired) electrons. The first kappa shape index (κ1) is 14.6. The van der Waals surface area contributed by atoms with Gasteiger partial charge in [0.1, 0.15) is 5.69 Å². The van der Waals surface area contributed by atoms with Crippen LogP contribution in [0.5, 0.6) is 0 Å². The average Bonchev–Trinajstić information content (AvgIpc) is 2.42. The topological polar surface area (TPSA) is 58.4 Å². The fourth-order valence-electron chi connectivity index (χ4n) is 2.47. The van der Waals surface area contributed by atoms with Crippen molar-refractivity contribution in [1.82, 2.24) is 4.90 Å². The number of rotatable bonds is 4.